The summed E-state index contributed by atoms with van der Waals surface area (Å²) in [5.41, 5.74) is 1.20. The number of nitrogens with one attached hydrogen (secondary N) is 1. The zero-order valence-electron chi connectivity index (χ0n) is 12.0. The van der Waals surface area contributed by atoms with Crippen molar-refractivity contribution in [3.63, 3.8) is 0 Å². The first-order valence-electron chi connectivity index (χ1n) is 6.85. The van der Waals surface area contributed by atoms with E-state index in [0.717, 1.165) is 32.0 Å². The molecule has 0 spiro atoms. The third-order valence-corrected chi connectivity index (χ3v) is 4.69. The molecule has 1 fully saturated rings. The Morgan fingerprint density at radius 2 is 2.00 bits per heavy atom. The highest BCUT2D eigenvalue weighted by molar-refractivity contribution is 7.88. The number of pyridine rings is 1. The van der Waals surface area contributed by atoms with Crippen molar-refractivity contribution in [2.45, 2.75) is 13.5 Å². The number of nitrogens with zero attached hydrogens (tertiary/aromatic N) is 3. The summed E-state index contributed by atoms with van der Waals surface area (Å²) in [6.07, 6.45) is 3.08. The third kappa shape index (κ3) is 4.16. The van der Waals surface area contributed by atoms with Gasteiger partial charge in [-0.15, -0.1) is 0 Å². The van der Waals surface area contributed by atoms with Gasteiger partial charge in [-0.25, -0.2) is 13.4 Å². The molecule has 0 aliphatic carbocycles. The number of hydrogen-bond acceptors (Lipinski definition) is 5. The molecular formula is C13H22N4O2S. The number of aromatic nitrogens is 1. The Morgan fingerprint density at radius 1 is 1.30 bits per heavy atom. The predicted molar refractivity (Wildman–Crippen MR) is 80.1 cm³/mol. The zero-order chi connectivity index (χ0) is 14.6. The number of hydrogen-bond donors (Lipinski definition) is 1. The van der Waals surface area contributed by atoms with Crippen LogP contribution >= 0.6 is 0 Å². The Balaban J connectivity index is 1.91. The van der Waals surface area contributed by atoms with Gasteiger partial charge in [-0.1, -0.05) is 0 Å². The van der Waals surface area contributed by atoms with E-state index in [1.165, 1.54) is 11.8 Å². The van der Waals surface area contributed by atoms with Gasteiger partial charge in [0, 0.05) is 45.5 Å². The second kappa shape index (κ2) is 6.51. The van der Waals surface area contributed by atoms with Crippen molar-refractivity contribution in [2.24, 2.45) is 0 Å². The smallest absolute Gasteiger partial charge is 0.211 e. The minimum Gasteiger partial charge on any atom is -0.370 e. The summed E-state index contributed by atoms with van der Waals surface area (Å²) in [7, 11) is -3.05. The van der Waals surface area contributed by atoms with E-state index in [2.05, 4.69) is 15.2 Å². The summed E-state index contributed by atoms with van der Waals surface area (Å²) in [5.74, 6) is 0.889. The van der Waals surface area contributed by atoms with E-state index in [1.807, 2.05) is 19.1 Å². The Bertz CT molecular complexity index is 539. The molecule has 6 nitrogen and oxygen atoms in total. The van der Waals surface area contributed by atoms with Crippen molar-refractivity contribution >= 4 is 15.8 Å². The average molecular weight is 298 g/mol. The van der Waals surface area contributed by atoms with Gasteiger partial charge in [0.15, 0.2) is 0 Å². The fraction of sp³-hybridized carbons (Fsp3) is 0.615. The molecule has 1 saturated heterocycles. The van der Waals surface area contributed by atoms with Crippen LogP contribution in [0.4, 0.5) is 5.82 Å². The van der Waals surface area contributed by atoms with Gasteiger partial charge in [0.25, 0.3) is 0 Å². The second-order valence-corrected chi connectivity index (χ2v) is 7.00. The minimum absolute atomic E-state index is 0.573. The summed E-state index contributed by atoms with van der Waals surface area (Å²) < 4.78 is 24.5. The average Bonchev–Trinajstić information content (AvgIpc) is 2.39. The molecular weight excluding hydrogens is 276 g/mol. The molecule has 112 valence electrons. The highest BCUT2D eigenvalue weighted by Crippen LogP contribution is 2.12. The van der Waals surface area contributed by atoms with E-state index in [0.29, 0.717) is 13.1 Å². The SMILES string of the molecule is CCNc1cc(CN2CCN(S(C)(=O)=O)CC2)ccn1. The molecule has 1 N–H and O–H groups in total. The highest BCUT2D eigenvalue weighted by Gasteiger charge is 2.23. The van der Waals surface area contributed by atoms with Crippen molar-refractivity contribution < 1.29 is 8.42 Å². The molecule has 0 bridgehead atoms. The first-order valence-corrected chi connectivity index (χ1v) is 8.70. The predicted octanol–water partition coefficient (Wildman–Crippen LogP) is 0.591. The second-order valence-electron chi connectivity index (χ2n) is 5.02. The van der Waals surface area contributed by atoms with E-state index in [9.17, 15) is 8.42 Å². The lowest BCUT2D eigenvalue weighted by Crippen LogP contribution is -2.47. The van der Waals surface area contributed by atoms with Crippen LogP contribution in [0.15, 0.2) is 18.3 Å². The van der Waals surface area contributed by atoms with Gasteiger partial charge >= 0.3 is 0 Å². The minimum atomic E-state index is -3.05. The van der Waals surface area contributed by atoms with E-state index in [4.69, 9.17) is 0 Å². The standard InChI is InChI=1S/C13H22N4O2S/c1-3-14-13-10-12(4-5-15-13)11-16-6-8-17(9-7-16)20(2,18)19/h4-5,10H,3,6-9,11H2,1-2H3,(H,14,15). The number of rotatable bonds is 5. The maximum Gasteiger partial charge on any atom is 0.211 e. The van der Waals surface area contributed by atoms with Gasteiger partial charge in [-0.3, -0.25) is 4.90 Å². The molecule has 20 heavy (non-hydrogen) atoms. The molecule has 1 aromatic rings. The van der Waals surface area contributed by atoms with Crippen molar-refractivity contribution in [2.75, 3.05) is 44.3 Å². The molecule has 0 aromatic carbocycles. The van der Waals surface area contributed by atoms with Crippen LogP contribution in [0.1, 0.15) is 12.5 Å². The summed E-state index contributed by atoms with van der Waals surface area (Å²) in [6, 6.07) is 4.05. The van der Waals surface area contributed by atoms with Crippen molar-refractivity contribution in [1.82, 2.24) is 14.2 Å². The molecule has 0 atom stereocenters. The Kier molecular flexibility index (Phi) is 4.95. The maximum atomic E-state index is 11.5. The first-order chi connectivity index (χ1) is 9.49. The summed E-state index contributed by atoms with van der Waals surface area (Å²) in [5, 5.41) is 3.19. The largest absolute Gasteiger partial charge is 0.370 e. The lowest BCUT2D eigenvalue weighted by Gasteiger charge is -2.33. The number of sulfonamides is 1. The van der Waals surface area contributed by atoms with Crippen molar-refractivity contribution in [1.29, 1.82) is 0 Å². The molecule has 0 unspecified atom stereocenters. The molecule has 2 heterocycles. The van der Waals surface area contributed by atoms with Crippen LogP contribution in [-0.4, -0.2) is 61.6 Å². The van der Waals surface area contributed by atoms with Gasteiger partial charge in [0.1, 0.15) is 5.82 Å². The zero-order valence-corrected chi connectivity index (χ0v) is 12.9. The van der Waals surface area contributed by atoms with E-state index in [1.54, 1.807) is 10.5 Å². The molecule has 7 heteroatoms. The lowest BCUT2D eigenvalue weighted by molar-refractivity contribution is 0.182. The van der Waals surface area contributed by atoms with Gasteiger partial charge in [0.05, 0.1) is 6.26 Å². The van der Waals surface area contributed by atoms with Gasteiger partial charge in [0.2, 0.25) is 10.0 Å². The van der Waals surface area contributed by atoms with Gasteiger partial charge < -0.3 is 5.32 Å². The highest BCUT2D eigenvalue weighted by atomic mass is 32.2. The summed E-state index contributed by atoms with van der Waals surface area (Å²) in [4.78, 5) is 6.52. The normalized spacial score (nSPS) is 18.1. The first kappa shape index (κ1) is 15.2. The topological polar surface area (TPSA) is 65.5 Å². The molecule has 1 aliphatic heterocycles. The summed E-state index contributed by atoms with van der Waals surface area (Å²) in [6.45, 7) is 6.41. The van der Waals surface area contributed by atoms with Gasteiger partial charge in [-0.2, -0.15) is 4.31 Å². The quantitative estimate of drug-likeness (QED) is 0.862. The van der Waals surface area contributed by atoms with Crippen LogP contribution < -0.4 is 5.32 Å². The summed E-state index contributed by atoms with van der Waals surface area (Å²) >= 11 is 0. The van der Waals surface area contributed by atoms with Crippen LogP contribution in [0.5, 0.6) is 0 Å². The molecule has 1 aromatic heterocycles. The Labute approximate surface area is 120 Å². The van der Waals surface area contributed by atoms with E-state index < -0.39 is 10.0 Å². The van der Waals surface area contributed by atoms with Gasteiger partial charge in [-0.05, 0) is 24.6 Å². The van der Waals surface area contributed by atoms with Crippen LogP contribution in [-0.2, 0) is 16.6 Å². The van der Waals surface area contributed by atoms with Crippen LogP contribution in [0.3, 0.4) is 0 Å². The molecule has 1 aliphatic rings. The molecule has 0 saturated carbocycles. The maximum absolute atomic E-state index is 11.5. The van der Waals surface area contributed by atoms with E-state index >= 15 is 0 Å². The lowest BCUT2D eigenvalue weighted by atomic mass is 10.2. The van der Waals surface area contributed by atoms with Crippen molar-refractivity contribution in [3.05, 3.63) is 23.9 Å². The number of anilines is 1. The van der Waals surface area contributed by atoms with Crippen molar-refractivity contribution in [3.8, 4) is 0 Å². The van der Waals surface area contributed by atoms with Crippen LogP contribution in [0.25, 0.3) is 0 Å². The van der Waals surface area contributed by atoms with E-state index in [-0.39, 0.29) is 0 Å². The third-order valence-electron chi connectivity index (χ3n) is 3.39. The molecule has 0 radical (unpaired) electrons. The monoisotopic (exact) mass is 298 g/mol. The molecule has 0 amide bonds. The number of piperazine rings is 1. The molecule has 2 rings (SSSR count). The van der Waals surface area contributed by atoms with Crippen LogP contribution in [0, 0.1) is 0 Å². The Morgan fingerprint density at radius 3 is 2.60 bits per heavy atom. The fourth-order valence-electron chi connectivity index (χ4n) is 2.33. The fourth-order valence-corrected chi connectivity index (χ4v) is 3.15. The van der Waals surface area contributed by atoms with Crippen LogP contribution in [0.2, 0.25) is 0 Å². The Hall–Kier alpha value is -1.18.